The second-order valence-electron chi connectivity index (χ2n) is 4.05. The number of nitrogens with one attached hydrogen (secondary N) is 1. The number of benzene rings is 1. The van der Waals surface area contributed by atoms with E-state index in [9.17, 15) is 18.3 Å². The van der Waals surface area contributed by atoms with Gasteiger partial charge in [-0.05, 0) is 17.7 Å². The van der Waals surface area contributed by atoms with Crippen molar-refractivity contribution < 1.29 is 23.0 Å². The first-order chi connectivity index (χ1) is 7.87. The third-order valence-corrected chi connectivity index (χ3v) is 2.88. The van der Waals surface area contributed by atoms with Crippen molar-refractivity contribution in [3.05, 3.63) is 29.3 Å². The van der Waals surface area contributed by atoms with E-state index in [1.807, 2.05) is 0 Å². The molecular weight excluding hydrogens is 235 g/mol. The molecule has 3 nitrogen and oxygen atoms in total. The fraction of sp³-hybridized carbons (Fsp3) is 0.455. The molecule has 0 bridgehead atoms. The van der Waals surface area contributed by atoms with Gasteiger partial charge in [-0.3, -0.25) is 0 Å². The Labute approximate surface area is 96.2 Å². The van der Waals surface area contributed by atoms with Gasteiger partial charge in [0.15, 0.2) is 0 Å². The van der Waals surface area contributed by atoms with E-state index in [0.717, 1.165) is 6.07 Å². The van der Waals surface area contributed by atoms with E-state index in [1.165, 1.54) is 19.2 Å². The van der Waals surface area contributed by atoms with E-state index in [-0.39, 0.29) is 5.75 Å². The maximum absolute atomic E-state index is 12.6. The zero-order valence-electron chi connectivity index (χ0n) is 9.14. The molecule has 1 heterocycles. The Morgan fingerprint density at radius 1 is 1.35 bits per heavy atom. The van der Waals surface area contributed by atoms with Crippen LogP contribution in [0.25, 0.3) is 0 Å². The lowest BCUT2D eigenvalue weighted by molar-refractivity contribution is -0.138. The number of methoxy groups -OCH3 is 1. The van der Waals surface area contributed by atoms with Gasteiger partial charge in [0.1, 0.15) is 11.4 Å². The minimum Gasteiger partial charge on any atom is -0.496 e. The summed E-state index contributed by atoms with van der Waals surface area (Å²) in [5, 5.41) is 12.9. The van der Waals surface area contributed by atoms with E-state index in [2.05, 4.69) is 5.32 Å². The Kier molecular flexibility index (Phi) is 2.79. The fourth-order valence-corrected chi connectivity index (χ4v) is 1.78. The van der Waals surface area contributed by atoms with Gasteiger partial charge in [0.2, 0.25) is 0 Å². The molecule has 0 atom stereocenters. The van der Waals surface area contributed by atoms with Gasteiger partial charge < -0.3 is 15.2 Å². The fourth-order valence-electron chi connectivity index (χ4n) is 1.78. The van der Waals surface area contributed by atoms with E-state index >= 15 is 0 Å². The van der Waals surface area contributed by atoms with Crippen LogP contribution in [0.1, 0.15) is 11.1 Å². The normalized spacial score (nSPS) is 18.6. The van der Waals surface area contributed by atoms with Gasteiger partial charge in [0.25, 0.3) is 0 Å². The molecule has 94 valence electrons. The van der Waals surface area contributed by atoms with Gasteiger partial charge in [-0.25, -0.2) is 0 Å². The second-order valence-corrected chi connectivity index (χ2v) is 4.05. The average molecular weight is 247 g/mol. The highest BCUT2D eigenvalue weighted by Gasteiger charge is 2.39. The molecule has 0 spiro atoms. The number of aliphatic hydroxyl groups is 1. The van der Waals surface area contributed by atoms with Crippen molar-refractivity contribution in [2.75, 3.05) is 20.2 Å². The van der Waals surface area contributed by atoms with Gasteiger partial charge in [-0.1, -0.05) is 6.07 Å². The summed E-state index contributed by atoms with van der Waals surface area (Å²) in [6.45, 7) is 0.670. The maximum Gasteiger partial charge on any atom is 0.419 e. The van der Waals surface area contributed by atoms with Gasteiger partial charge >= 0.3 is 6.18 Å². The van der Waals surface area contributed by atoms with Crippen LogP contribution < -0.4 is 10.1 Å². The number of hydrogen-bond acceptors (Lipinski definition) is 3. The second kappa shape index (κ2) is 3.89. The highest BCUT2D eigenvalue weighted by atomic mass is 19.4. The van der Waals surface area contributed by atoms with Crippen molar-refractivity contribution in [1.82, 2.24) is 5.32 Å². The van der Waals surface area contributed by atoms with Crippen molar-refractivity contribution in [1.29, 1.82) is 0 Å². The summed E-state index contributed by atoms with van der Waals surface area (Å²) in [5.41, 5.74) is -1.49. The van der Waals surface area contributed by atoms with E-state index < -0.39 is 17.3 Å². The Morgan fingerprint density at radius 2 is 2.00 bits per heavy atom. The van der Waals surface area contributed by atoms with Crippen molar-refractivity contribution in [3.8, 4) is 5.75 Å². The Balaban J connectivity index is 2.41. The standard InChI is InChI=1S/C11H12F3NO2/c1-17-9-4-7(10(16)5-15-6-10)2-3-8(9)11(12,13)14/h2-4,15-16H,5-6H2,1H3. The van der Waals surface area contributed by atoms with Gasteiger partial charge in [0, 0.05) is 13.1 Å². The Hall–Kier alpha value is -1.27. The molecule has 2 N–H and O–H groups in total. The minimum atomic E-state index is -4.45. The molecule has 0 aliphatic carbocycles. The van der Waals surface area contributed by atoms with E-state index in [4.69, 9.17) is 4.74 Å². The monoisotopic (exact) mass is 247 g/mol. The highest BCUT2D eigenvalue weighted by molar-refractivity contribution is 5.42. The summed E-state index contributed by atoms with van der Waals surface area (Å²) < 4.78 is 42.5. The van der Waals surface area contributed by atoms with Crippen LogP contribution in [0.3, 0.4) is 0 Å². The van der Waals surface area contributed by atoms with Crippen molar-refractivity contribution in [3.63, 3.8) is 0 Å². The number of rotatable bonds is 2. The molecule has 0 aromatic heterocycles. The molecule has 6 heteroatoms. The lowest BCUT2D eigenvalue weighted by Gasteiger charge is -2.38. The third-order valence-electron chi connectivity index (χ3n) is 2.88. The number of β-amino-alcohol motifs (C(OH)–C–C–N with tert-alkyl or cyclic N) is 1. The topological polar surface area (TPSA) is 41.5 Å². The first-order valence-electron chi connectivity index (χ1n) is 5.06. The lowest BCUT2D eigenvalue weighted by Crippen LogP contribution is -2.56. The predicted octanol–water partition coefficient (Wildman–Crippen LogP) is 1.50. The van der Waals surface area contributed by atoms with Crippen LogP contribution in [0.2, 0.25) is 0 Å². The molecular formula is C11H12F3NO2. The Bertz CT molecular complexity index is 427. The van der Waals surface area contributed by atoms with Gasteiger partial charge in [-0.2, -0.15) is 13.2 Å². The quantitative estimate of drug-likeness (QED) is 0.832. The third kappa shape index (κ3) is 2.10. The smallest absolute Gasteiger partial charge is 0.419 e. The van der Waals surface area contributed by atoms with Crippen molar-refractivity contribution >= 4 is 0 Å². The predicted molar refractivity (Wildman–Crippen MR) is 54.8 cm³/mol. The molecule has 17 heavy (non-hydrogen) atoms. The summed E-state index contributed by atoms with van der Waals surface area (Å²) in [7, 11) is 1.18. The van der Waals surface area contributed by atoms with Crippen LogP contribution in [-0.4, -0.2) is 25.3 Å². The maximum atomic E-state index is 12.6. The molecule has 1 aliphatic rings. The molecule has 1 aliphatic heterocycles. The largest absolute Gasteiger partial charge is 0.496 e. The number of hydrogen-bond donors (Lipinski definition) is 2. The van der Waals surface area contributed by atoms with Gasteiger partial charge in [0.05, 0.1) is 12.7 Å². The van der Waals surface area contributed by atoms with Crippen molar-refractivity contribution in [2.24, 2.45) is 0 Å². The molecule has 1 saturated heterocycles. The summed E-state index contributed by atoms with van der Waals surface area (Å²) in [4.78, 5) is 0. The highest BCUT2D eigenvalue weighted by Crippen LogP contribution is 2.38. The van der Waals surface area contributed by atoms with Crippen molar-refractivity contribution in [2.45, 2.75) is 11.8 Å². The summed E-state index contributed by atoms with van der Waals surface area (Å²) in [5.74, 6) is -0.268. The van der Waals surface area contributed by atoms with Crippen LogP contribution in [0.5, 0.6) is 5.75 Å². The van der Waals surface area contributed by atoms with Crippen LogP contribution in [0.15, 0.2) is 18.2 Å². The van der Waals surface area contributed by atoms with E-state index in [0.29, 0.717) is 18.7 Å². The molecule has 1 aromatic carbocycles. The van der Waals surface area contributed by atoms with Crippen LogP contribution in [0, 0.1) is 0 Å². The van der Waals surface area contributed by atoms with Crippen LogP contribution >= 0.6 is 0 Å². The first kappa shape index (κ1) is 12.2. The lowest BCUT2D eigenvalue weighted by atomic mass is 9.87. The zero-order valence-corrected chi connectivity index (χ0v) is 9.14. The van der Waals surface area contributed by atoms with Crippen LogP contribution in [0.4, 0.5) is 13.2 Å². The van der Waals surface area contributed by atoms with Crippen LogP contribution in [-0.2, 0) is 11.8 Å². The number of ether oxygens (including phenoxy) is 1. The molecule has 0 radical (unpaired) electrons. The molecule has 2 rings (SSSR count). The zero-order chi connectivity index (χ0) is 12.7. The average Bonchev–Trinajstić information content (AvgIpc) is 2.23. The summed E-state index contributed by atoms with van der Waals surface area (Å²) in [6.07, 6.45) is -4.45. The summed E-state index contributed by atoms with van der Waals surface area (Å²) in [6, 6.07) is 3.46. The molecule has 1 aromatic rings. The van der Waals surface area contributed by atoms with E-state index in [1.54, 1.807) is 0 Å². The molecule has 0 saturated carbocycles. The minimum absolute atomic E-state index is 0.268. The first-order valence-corrected chi connectivity index (χ1v) is 5.06. The SMILES string of the molecule is COc1cc(C2(O)CNC2)ccc1C(F)(F)F. The van der Waals surface area contributed by atoms with Gasteiger partial charge in [-0.15, -0.1) is 0 Å². The molecule has 0 amide bonds. The Morgan fingerprint density at radius 3 is 2.41 bits per heavy atom. The molecule has 1 fully saturated rings. The summed E-state index contributed by atoms with van der Waals surface area (Å²) >= 11 is 0. The number of alkyl halides is 3. The number of halogens is 3. The molecule has 0 unspecified atom stereocenters.